The van der Waals surface area contributed by atoms with Crippen LogP contribution < -0.4 is 24.8 Å². The number of aryl methyl sites for hydroxylation is 1. The minimum atomic E-state index is -0.337. The zero-order valence-corrected chi connectivity index (χ0v) is 17.6. The normalized spacial score (nSPS) is 12.4. The van der Waals surface area contributed by atoms with Crippen molar-refractivity contribution < 1.29 is 23.4 Å². The maximum atomic E-state index is 14.7. The molecule has 8 heteroatoms. The van der Waals surface area contributed by atoms with Crippen molar-refractivity contribution in [2.24, 2.45) is 0 Å². The van der Waals surface area contributed by atoms with Crippen molar-refractivity contribution >= 4 is 24.0 Å². The Morgan fingerprint density at radius 3 is 2.55 bits per heavy atom. The Hall–Kier alpha value is -2.51. The lowest BCUT2D eigenvalue weighted by molar-refractivity contribution is -0.116. The van der Waals surface area contributed by atoms with E-state index in [2.05, 4.69) is 10.6 Å². The van der Waals surface area contributed by atoms with E-state index in [0.29, 0.717) is 42.2 Å². The molecule has 2 aromatic carbocycles. The van der Waals surface area contributed by atoms with E-state index in [0.717, 1.165) is 17.7 Å². The lowest BCUT2D eigenvalue weighted by Gasteiger charge is -2.19. The number of rotatable bonds is 7. The van der Waals surface area contributed by atoms with Crippen LogP contribution >= 0.6 is 12.4 Å². The van der Waals surface area contributed by atoms with Crippen LogP contribution in [0.25, 0.3) is 0 Å². The first kappa shape index (κ1) is 22.8. The molecule has 6 nitrogen and oxygen atoms in total. The van der Waals surface area contributed by atoms with E-state index in [-0.39, 0.29) is 36.2 Å². The number of methoxy groups -OCH3 is 3. The topological polar surface area (TPSA) is 68.8 Å². The van der Waals surface area contributed by atoms with Gasteiger partial charge in [-0.05, 0) is 48.2 Å². The van der Waals surface area contributed by atoms with Gasteiger partial charge in [0.2, 0.25) is 11.7 Å². The highest BCUT2D eigenvalue weighted by atomic mass is 35.5. The minimum Gasteiger partial charge on any atom is -0.493 e. The number of fused-ring (bicyclic) bond motifs is 1. The van der Waals surface area contributed by atoms with Crippen LogP contribution in [0.2, 0.25) is 0 Å². The molecule has 1 heterocycles. The van der Waals surface area contributed by atoms with E-state index < -0.39 is 0 Å². The van der Waals surface area contributed by atoms with Crippen LogP contribution in [0.5, 0.6) is 17.2 Å². The lowest BCUT2D eigenvalue weighted by atomic mass is 9.99. The molecule has 1 aliphatic heterocycles. The largest absolute Gasteiger partial charge is 0.493 e. The Labute approximate surface area is 176 Å². The highest BCUT2D eigenvalue weighted by Gasteiger charge is 2.19. The first-order valence-electron chi connectivity index (χ1n) is 9.17. The smallest absolute Gasteiger partial charge is 0.224 e. The molecule has 0 saturated carbocycles. The van der Waals surface area contributed by atoms with E-state index in [9.17, 15) is 9.18 Å². The Morgan fingerprint density at radius 2 is 1.86 bits per heavy atom. The predicted molar refractivity (Wildman–Crippen MR) is 112 cm³/mol. The Balaban J connectivity index is 0.00000300. The fraction of sp³-hybridized carbons (Fsp3) is 0.381. The summed E-state index contributed by atoms with van der Waals surface area (Å²) in [4.78, 5) is 12.4. The van der Waals surface area contributed by atoms with Crippen LogP contribution in [0, 0.1) is 5.82 Å². The zero-order chi connectivity index (χ0) is 20.1. The third kappa shape index (κ3) is 4.92. The molecule has 0 aliphatic carbocycles. The van der Waals surface area contributed by atoms with Crippen LogP contribution in [0.15, 0.2) is 24.3 Å². The SMILES string of the molecule is COc1ccc(CCC(=O)Nc2ccc3c(c2F)CCNC3)c(OC)c1OC.Cl. The van der Waals surface area contributed by atoms with E-state index in [1.54, 1.807) is 19.2 Å². The van der Waals surface area contributed by atoms with Gasteiger partial charge in [0.05, 0.1) is 27.0 Å². The van der Waals surface area contributed by atoms with Gasteiger partial charge in [-0.25, -0.2) is 4.39 Å². The Bertz CT molecular complexity index is 876. The number of anilines is 1. The second kappa shape index (κ2) is 10.3. The maximum absolute atomic E-state index is 14.7. The van der Waals surface area contributed by atoms with Crippen molar-refractivity contribution in [1.29, 1.82) is 0 Å². The van der Waals surface area contributed by atoms with Gasteiger partial charge < -0.3 is 24.8 Å². The number of nitrogens with one attached hydrogen (secondary N) is 2. The van der Waals surface area contributed by atoms with Gasteiger partial charge in [0.1, 0.15) is 5.82 Å². The van der Waals surface area contributed by atoms with Crippen molar-refractivity contribution in [3.8, 4) is 17.2 Å². The summed E-state index contributed by atoms with van der Waals surface area (Å²) in [7, 11) is 4.62. The molecule has 2 aromatic rings. The molecule has 0 unspecified atom stereocenters. The maximum Gasteiger partial charge on any atom is 0.224 e. The number of carbonyl (C=O) groups is 1. The second-order valence-corrected chi connectivity index (χ2v) is 6.53. The molecule has 0 fully saturated rings. The average Bonchev–Trinajstić information content (AvgIpc) is 2.73. The first-order chi connectivity index (χ1) is 13.6. The van der Waals surface area contributed by atoms with Crippen molar-refractivity contribution in [3.05, 3.63) is 46.8 Å². The van der Waals surface area contributed by atoms with E-state index in [1.165, 1.54) is 14.2 Å². The molecule has 0 aromatic heterocycles. The molecule has 0 radical (unpaired) electrons. The molecule has 0 spiro atoms. The molecule has 0 bridgehead atoms. The molecule has 1 aliphatic rings. The molecular weight excluding hydrogens is 399 g/mol. The van der Waals surface area contributed by atoms with Crippen LogP contribution in [0.4, 0.5) is 10.1 Å². The number of halogens is 2. The average molecular weight is 425 g/mol. The number of hydrogen-bond donors (Lipinski definition) is 2. The molecule has 29 heavy (non-hydrogen) atoms. The summed E-state index contributed by atoms with van der Waals surface area (Å²) in [5, 5.41) is 5.90. The van der Waals surface area contributed by atoms with Crippen LogP contribution in [-0.2, 0) is 24.2 Å². The molecule has 2 N–H and O–H groups in total. The van der Waals surface area contributed by atoms with E-state index in [1.807, 2.05) is 12.1 Å². The third-order valence-electron chi connectivity index (χ3n) is 4.89. The summed E-state index contributed by atoms with van der Waals surface area (Å²) in [6.07, 6.45) is 1.23. The minimum absolute atomic E-state index is 0. The Kier molecular flexibility index (Phi) is 8.10. The van der Waals surface area contributed by atoms with Gasteiger partial charge in [0.15, 0.2) is 11.5 Å². The van der Waals surface area contributed by atoms with E-state index in [4.69, 9.17) is 14.2 Å². The fourth-order valence-electron chi connectivity index (χ4n) is 3.45. The Morgan fingerprint density at radius 1 is 1.10 bits per heavy atom. The molecular formula is C21H26ClFN2O4. The second-order valence-electron chi connectivity index (χ2n) is 6.53. The van der Waals surface area contributed by atoms with Crippen LogP contribution in [0.3, 0.4) is 0 Å². The van der Waals surface area contributed by atoms with Gasteiger partial charge >= 0.3 is 0 Å². The number of amides is 1. The molecule has 3 rings (SSSR count). The van der Waals surface area contributed by atoms with Gasteiger partial charge in [-0.1, -0.05) is 12.1 Å². The molecule has 158 valence electrons. The molecule has 0 atom stereocenters. The monoisotopic (exact) mass is 424 g/mol. The highest BCUT2D eigenvalue weighted by Crippen LogP contribution is 2.40. The van der Waals surface area contributed by atoms with E-state index >= 15 is 0 Å². The first-order valence-corrected chi connectivity index (χ1v) is 9.17. The number of ether oxygens (including phenoxy) is 3. The highest BCUT2D eigenvalue weighted by molar-refractivity contribution is 5.91. The van der Waals surface area contributed by atoms with Crippen LogP contribution in [-0.4, -0.2) is 33.8 Å². The fourth-order valence-corrected chi connectivity index (χ4v) is 3.45. The summed E-state index contributed by atoms with van der Waals surface area (Å²) in [5.74, 6) is 0.971. The predicted octanol–water partition coefficient (Wildman–Crippen LogP) is 3.49. The summed E-state index contributed by atoms with van der Waals surface area (Å²) in [5.41, 5.74) is 2.66. The zero-order valence-electron chi connectivity index (χ0n) is 16.8. The lowest BCUT2D eigenvalue weighted by Crippen LogP contribution is -2.25. The summed E-state index contributed by atoms with van der Waals surface area (Å²) < 4.78 is 30.8. The van der Waals surface area contributed by atoms with Gasteiger partial charge in [0.25, 0.3) is 0 Å². The summed E-state index contributed by atoms with van der Waals surface area (Å²) in [6.45, 7) is 1.39. The van der Waals surface area contributed by atoms with Crippen molar-refractivity contribution in [2.45, 2.75) is 25.8 Å². The third-order valence-corrected chi connectivity index (χ3v) is 4.89. The standard InChI is InChI=1S/C21H25FN2O4.ClH/c1-26-17-8-5-13(20(27-2)21(17)28-3)6-9-18(25)24-16-7-4-14-12-23-11-10-15(14)19(16)22;/h4-5,7-8,23H,6,9-12H2,1-3H3,(H,24,25);1H. The quantitative estimate of drug-likeness (QED) is 0.712. The molecule has 1 amide bonds. The number of carbonyl (C=O) groups excluding carboxylic acids is 1. The van der Waals surface area contributed by atoms with Crippen molar-refractivity contribution in [3.63, 3.8) is 0 Å². The summed E-state index contributed by atoms with van der Waals surface area (Å²) in [6, 6.07) is 7.08. The number of benzene rings is 2. The van der Waals surface area contributed by atoms with Gasteiger partial charge in [-0.2, -0.15) is 0 Å². The van der Waals surface area contributed by atoms with Crippen LogP contribution in [0.1, 0.15) is 23.1 Å². The van der Waals surface area contributed by atoms with Gasteiger partial charge in [0, 0.05) is 13.0 Å². The van der Waals surface area contributed by atoms with Gasteiger partial charge in [-0.15, -0.1) is 12.4 Å². The van der Waals surface area contributed by atoms with Gasteiger partial charge in [-0.3, -0.25) is 4.79 Å². The van der Waals surface area contributed by atoms with Crippen molar-refractivity contribution in [1.82, 2.24) is 5.32 Å². The molecule has 0 saturated heterocycles. The summed E-state index contributed by atoms with van der Waals surface area (Å²) >= 11 is 0. The van der Waals surface area contributed by atoms with Crippen molar-refractivity contribution in [2.75, 3.05) is 33.2 Å². The number of hydrogen-bond acceptors (Lipinski definition) is 5.